The van der Waals surface area contributed by atoms with Crippen LogP contribution < -0.4 is 10.6 Å². The Morgan fingerprint density at radius 1 is 0.556 bits per heavy atom. The van der Waals surface area contributed by atoms with Gasteiger partial charge in [0.1, 0.15) is 14.3 Å². The SMILES string of the molecule is CCCCP(=O)(CCCP(=O)(CCCC)c1ccccc1)c1ccccc1. The Balaban J connectivity index is 2.13. The maximum atomic E-state index is 13.7. The molecule has 0 aliphatic heterocycles. The molecule has 0 bridgehead atoms. The van der Waals surface area contributed by atoms with Crippen molar-refractivity contribution in [3.63, 3.8) is 0 Å². The molecule has 0 radical (unpaired) electrons. The van der Waals surface area contributed by atoms with Gasteiger partial charge in [0.15, 0.2) is 0 Å². The molecule has 0 amide bonds. The summed E-state index contributed by atoms with van der Waals surface area (Å²) in [6, 6.07) is 19.9. The van der Waals surface area contributed by atoms with E-state index in [0.717, 1.165) is 55.0 Å². The van der Waals surface area contributed by atoms with Crippen molar-refractivity contribution >= 4 is 24.9 Å². The zero-order chi connectivity index (χ0) is 19.6. The summed E-state index contributed by atoms with van der Waals surface area (Å²) in [6.07, 6.45) is 7.70. The molecule has 0 aliphatic rings. The van der Waals surface area contributed by atoms with Crippen LogP contribution in [0.2, 0.25) is 0 Å². The van der Waals surface area contributed by atoms with Crippen LogP contribution in [-0.4, -0.2) is 24.6 Å². The quantitative estimate of drug-likeness (QED) is 0.386. The molecule has 0 N–H and O–H groups in total. The van der Waals surface area contributed by atoms with Gasteiger partial charge in [-0.15, -0.1) is 0 Å². The average Bonchev–Trinajstić information content (AvgIpc) is 2.72. The lowest BCUT2D eigenvalue weighted by Crippen LogP contribution is -2.15. The Bertz CT molecular complexity index is 691. The van der Waals surface area contributed by atoms with Crippen molar-refractivity contribution in [3.05, 3.63) is 60.7 Å². The second kappa shape index (κ2) is 11.0. The molecular weight excluding hydrogens is 370 g/mol. The smallest absolute Gasteiger partial charge is 0.115 e. The van der Waals surface area contributed by atoms with Gasteiger partial charge in [-0.3, -0.25) is 0 Å². The van der Waals surface area contributed by atoms with E-state index in [1.54, 1.807) is 0 Å². The topological polar surface area (TPSA) is 34.1 Å². The third kappa shape index (κ3) is 6.48. The van der Waals surface area contributed by atoms with E-state index in [2.05, 4.69) is 13.8 Å². The maximum absolute atomic E-state index is 13.7. The molecule has 0 spiro atoms. The van der Waals surface area contributed by atoms with Crippen LogP contribution in [0.4, 0.5) is 0 Å². The van der Waals surface area contributed by atoms with Crippen LogP contribution in [0.15, 0.2) is 60.7 Å². The molecule has 2 rings (SSSR count). The van der Waals surface area contributed by atoms with E-state index < -0.39 is 14.3 Å². The fourth-order valence-electron chi connectivity index (χ4n) is 3.55. The van der Waals surface area contributed by atoms with E-state index in [1.807, 2.05) is 60.7 Å². The summed E-state index contributed by atoms with van der Waals surface area (Å²) in [6.45, 7) is 4.29. The second-order valence-corrected chi connectivity index (χ2v) is 13.8. The third-order valence-electron chi connectivity index (χ3n) is 5.24. The summed E-state index contributed by atoms with van der Waals surface area (Å²) in [5.41, 5.74) is 0. The minimum absolute atomic E-state index is 0.667. The standard InChI is InChI=1S/C23H34O2P2/c1-3-5-18-26(24,22-14-9-7-10-15-22)20-13-21-27(25,19-6-4-2)23-16-11-8-12-17-23/h7-12,14-17H,3-6,13,18-21H2,1-2H3. The van der Waals surface area contributed by atoms with E-state index >= 15 is 0 Å². The van der Waals surface area contributed by atoms with Crippen molar-refractivity contribution in [2.24, 2.45) is 0 Å². The van der Waals surface area contributed by atoms with E-state index in [1.165, 1.54) is 0 Å². The van der Waals surface area contributed by atoms with E-state index in [-0.39, 0.29) is 0 Å². The number of rotatable bonds is 12. The van der Waals surface area contributed by atoms with Gasteiger partial charge in [0, 0.05) is 35.3 Å². The van der Waals surface area contributed by atoms with Gasteiger partial charge in [0.05, 0.1) is 0 Å². The average molecular weight is 404 g/mol. The molecule has 0 heterocycles. The summed E-state index contributed by atoms with van der Waals surface area (Å²) in [7, 11) is -4.83. The number of benzene rings is 2. The van der Waals surface area contributed by atoms with Crippen LogP contribution in [0.3, 0.4) is 0 Å². The number of unbranched alkanes of at least 4 members (excludes halogenated alkanes) is 2. The molecule has 4 heteroatoms. The Kier molecular flexibility index (Phi) is 9.07. The lowest BCUT2D eigenvalue weighted by Gasteiger charge is -2.22. The third-order valence-corrected chi connectivity index (χ3v) is 11.9. The molecule has 2 nitrogen and oxygen atoms in total. The van der Waals surface area contributed by atoms with Crippen molar-refractivity contribution < 1.29 is 9.13 Å². The molecule has 0 aromatic heterocycles. The normalized spacial score (nSPS) is 15.8. The van der Waals surface area contributed by atoms with Gasteiger partial charge in [-0.05, 0) is 19.3 Å². The highest BCUT2D eigenvalue weighted by atomic mass is 31.2. The molecule has 0 saturated heterocycles. The fourth-order valence-corrected chi connectivity index (χ4v) is 9.70. The number of hydrogen-bond acceptors (Lipinski definition) is 2. The van der Waals surface area contributed by atoms with E-state index in [4.69, 9.17) is 0 Å². The Hall–Kier alpha value is -1.10. The van der Waals surface area contributed by atoms with Crippen molar-refractivity contribution in [3.8, 4) is 0 Å². The molecule has 0 aliphatic carbocycles. The highest BCUT2D eigenvalue weighted by molar-refractivity contribution is 7.72. The Morgan fingerprint density at radius 2 is 0.889 bits per heavy atom. The predicted molar refractivity (Wildman–Crippen MR) is 121 cm³/mol. The van der Waals surface area contributed by atoms with Crippen molar-refractivity contribution in [2.45, 2.75) is 46.0 Å². The summed E-state index contributed by atoms with van der Waals surface area (Å²) in [4.78, 5) is 0. The van der Waals surface area contributed by atoms with Crippen LogP contribution in [0.5, 0.6) is 0 Å². The lowest BCUT2D eigenvalue weighted by molar-refractivity contribution is 0.574. The van der Waals surface area contributed by atoms with Gasteiger partial charge in [-0.25, -0.2) is 0 Å². The predicted octanol–water partition coefficient (Wildman–Crippen LogP) is 6.35. The van der Waals surface area contributed by atoms with Gasteiger partial charge in [-0.2, -0.15) is 0 Å². The molecule has 0 saturated carbocycles. The highest BCUT2D eigenvalue weighted by Crippen LogP contribution is 2.50. The van der Waals surface area contributed by atoms with E-state index in [0.29, 0.717) is 12.3 Å². The molecule has 2 aromatic rings. The first-order chi connectivity index (χ1) is 13.0. The molecular formula is C23H34O2P2. The molecule has 148 valence electrons. The van der Waals surface area contributed by atoms with Crippen molar-refractivity contribution in [1.29, 1.82) is 0 Å². The summed E-state index contributed by atoms with van der Waals surface area (Å²) >= 11 is 0. The summed E-state index contributed by atoms with van der Waals surface area (Å²) < 4.78 is 27.4. The minimum Gasteiger partial charge on any atom is -0.319 e. The first-order valence-electron chi connectivity index (χ1n) is 10.3. The van der Waals surface area contributed by atoms with Crippen molar-refractivity contribution in [1.82, 2.24) is 0 Å². The molecule has 2 atom stereocenters. The minimum atomic E-state index is -2.41. The van der Waals surface area contributed by atoms with Crippen LogP contribution >= 0.6 is 14.3 Å². The zero-order valence-electron chi connectivity index (χ0n) is 16.8. The second-order valence-electron chi connectivity index (χ2n) is 7.40. The molecule has 27 heavy (non-hydrogen) atoms. The first-order valence-corrected chi connectivity index (χ1v) is 14.5. The van der Waals surface area contributed by atoms with Crippen molar-refractivity contribution in [2.75, 3.05) is 24.6 Å². The van der Waals surface area contributed by atoms with Crippen LogP contribution in [0.25, 0.3) is 0 Å². The van der Waals surface area contributed by atoms with Gasteiger partial charge >= 0.3 is 0 Å². The summed E-state index contributed by atoms with van der Waals surface area (Å²) in [5.74, 6) is 0. The first kappa shape index (κ1) is 22.2. The largest absolute Gasteiger partial charge is 0.319 e. The molecule has 0 fully saturated rings. The Labute approximate surface area is 165 Å². The lowest BCUT2D eigenvalue weighted by atomic mass is 10.4. The van der Waals surface area contributed by atoms with Gasteiger partial charge in [0.25, 0.3) is 0 Å². The maximum Gasteiger partial charge on any atom is 0.115 e. The zero-order valence-corrected chi connectivity index (χ0v) is 18.6. The van der Waals surface area contributed by atoms with Crippen LogP contribution in [0.1, 0.15) is 46.0 Å². The molecule has 2 unspecified atom stereocenters. The van der Waals surface area contributed by atoms with Gasteiger partial charge in [-0.1, -0.05) is 87.4 Å². The highest BCUT2D eigenvalue weighted by Gasteiger charge is 2.28. The van der Waals surface area contributed by atoms with Crippen LogP contribution in [-0.2, 0) is 9.13 Å². The number of hydrogen-bond donors (Lipinski definition) is 0. The molecule has 2 aromatic carbocycles. The van der Waals surface area contributed by atoms with Gasteiger partial charge in [0.2, 0.25) is 0 Å². The monoisotopic (exact) mass is 404 g/mol. The fraction of sp³-hybridized carbons (Fsp3) is 0.478. The Morgan fingerprint density at radius 3 is 1.22 bits per heavy atom. The van der Waals surface area contributed by atoms with E-state index in [9.17, 15) is 9.13 Å². The van der Waals surface area contributed by atoms with Gasteiger partial charge < -0.3 is 9.13 Å². The summed E-state index contributed by atoms with van der Waals surface area (Å²) in [5, 5.41) is 1.98. The van der Waals surface area contributed by atoms with Crippen LogP contribution in [0, 0.1) is 0 Å².